The summed E-state index contributed by atoms with van der Waals surface area (Å²) in [5, 5.41) is 0. The lowest BCUT2D eigenvalue weighted by molar-refractivity contribution is 0.337. The molecule has 0 aromatic heterocycles. The highest BCUT2D eigenvalue weighted by molar-refractivity contribution is 5.43. The largest absolute Gasteiger partial charge is 0.364 e. The Hall–Kier alpha value is -0.890. The third-order valence-corrected chi connectivity index (χ3v) is 2.88. The van der Waals surface area contributed by atoms with E-state index in [9.17, 15) is 4.39 Å². The first-order valence-corrected chi connectivity index (χ1v) is 4.23. The molecule has 2 aliphatic rings. The highest BCUT2D eigenvalue weighted by Gasteiger charge is 2.53. The van der Waals surface area contributed by atoms with Crippen LogP contribution in [0.4, 0.5) is 4.39 Å². The van der Waals surface area contributed by atoms with Crippen LogP contribution in [0.25, 0.3) is 0 Å². The number of epoxide rings is 1. The standard InChI is InChI=1S/C10H9FO/c1-5-6-3-2-4-7(11)8(6)10-9(5)12-10/h2-5,9-10H,1H3. The second-order valence-electron chi connectivity index (χ2n) is 3.55. The summed E-state index contributed by atoms with van der Waals surface area (Å²) in [5.74, 6) is 0.269. The van der Waals surface area contributed by atoms with E-state index in [2.05, 4.69) is 6.92 Å². The topological polar surface area (TPSA) is 12.5 Å². The smallest absolute Gasteiger partial charge is 0.129 e. The quantitative estimate of drug-likeness (QED) is 0.536. The minimum atomic E-state index is -0.107. The van der Waals surface area contributed by atoms with Gasteiger partial charge in [0.15, 0.2) is 0 Å². The van der Waals surface area contributed by atoms with Gasteiger partial charge in [-0.1, -0.05) is 19.1 Å². The van der Waals surface area contributed by atoms with Gasteiger partial charge in [0, 0.05) is 11.5 Å². The van der Waals surface area contributed by atoms with Crippen LogP contribution in [0.2, 0.25) is 0 Å². The van der Waals surface area contributed by atoms with Crippen LogP contribution in [0.1, 0.15) is 30.1 Å². The van der Waals surface area contributed by atoms with Gasteiger partial charge >= 0.3 is 0 Å². The van der Waals surface area contributed by atoms with E-state index in [0.717, 1.165) is 11.1 Å². The summed E-state index contributed by atoms with van der Waals surface area (Å²) in [6, 6.07) is 5.28. The predicted molar refractivity (Wildman–Crippen MR) is 42.4 cm³/mol. The fraction of sp³-hybridized carbons (Fsp3) is 0.400. The number of ether oxygens (including phenoxy) is 1. The highest BCUT2D eigenvalue weighted by atomic mass is 19.1. The SMILES string of the molecule is CC1c2cccc(F)c2C2OC12. The van der Waals surface area contributed by atoms with Gasteiger partial charge in [-0.2, -0.15) is 0 Å². The van der Waals surface area contributed by atoms with Crippen LogP contribution in [0.15, 0.2) is 18.2 Å². The Labute approximate surface area is 70.2 Å². The average molecular weight is 164 g/mol. The van der Waals surface area contributed by atoms with Crippen LogP contribution in [0.5, 0.6) is 0 Å². The van der Waals surface area contributed by atoms with E-state index in [-0.39, 0.29) is 18.0 Å². The van der Waals surface area contributed by atoms with E-state index < -0.39 is 0 Å². The molecule has 0 radical (unpaired) electrons. The molecule has 1 heterocycles. The van der Waals surface area contributed by atoms with Gasteiger partial charge in [-0.25, -0.2) is 4.39 Å². The molecule has 62 valence electrons. The normalized spacial score (nSPS) is 36.0. The van der Waals surface area contributed by atoms with Gasteiger partial charge in [-0.3, -0.25) is 0 Å². The molecule has 1 aromatic carbocycles. The van der Waals surface area contributed by atoms with E-state index in [1.54, 1.807) is 6.07 Å². The number of halogens is 1. The van der Waals surface area contributed by atoms with Crippen molar-refractivity contribution in [2.24, 2.45) is 0 Å². The lowest BCUT2D eigenvalue weighted by Crippen LogP contribution is -1.97. The van der Waals surface area contributed by atoms with Crippen molar-refractivity contribution in [1.82, 2.24) is 0 Å². The van der Waals surface area contributed by atoms with E-state index in [1.807, 2.05) is 6.07 Å². The van der Waals surface area contributed by atoms with Crippen molar-refractivity contribution in [3.05, 3.63) is 35.1 Å². The molecular weight excluding hydrogens is 155 g/mol. The molecule has 1 nitrogen and oxygen atoms in total. The Bertz CT molecular complexity index is 348. The van der Waals surface area contributed by atoms with Crippen LogP contribution in [-0.2, 0) is 4.74 Å². The van der Waals surface area contributed by atoms with Gasteiger partial charge < -0.3 is 4.74 Å². The van der Waals surface area contributed by atoms with Gasteiger partial charge in [0.25, 0.3) is 0 Å². The summed E-state index contributed by atoms with van der Waals surface area (Å²) in [6.45, 7) is 2.09. The zero-order chi connectivity index (χ0) is 8.29. The molecule has 1 aliphatic carbocycles. The first-order valence-electron chi connectivity index (χ1n) is 4.23. The van der Waals surface area contributed by atoms with Crippen molar-refractivity contribution < 1.29 is 9.13 Å². The van der Waals surface area contributed by atoms with Crippen molar-refractivity contribution in [2.75, 3.05) is 0 Å². The fourth-order valence-electron chi connectivity index (χ4n) is 2.16. The molecular formula is C10H9FO. The molecule has 1 aliphatic heterocycles. The van der Waals surface area contributed by atoms with Gasteiger partial charge in [0.1, 0.15) is 11.9 Å². The molecule has 1 fully saturated rings. The Morgan fingerprint density at radius 1 is 1.42 bits per heavy atom. The van der Waals surface area contributed by atoms with Crippen LogP contribution < -0.4 is 0 Å². The van der Waals surface area contributed by atoms with Gasteiger partial charge in [0.05, 0.1) is 6.10 Å². The summed E-state index contributed by atoms with van der Waals surface area (Å²) < 4.78 is 18.6. The summed E-state index contributed by atoms with van der Waals surface area (Å²) in [5.41, 5.74) is 1.94. The van der Waals surface area contributed by atoms with Crippen LogP contribution >= 0.6 is 0 Å². The van der Waals surface area contributed by atoms with Crippen LogP contribution in [0, 0.1) is 5.82 Å². The Kier molecular flexibility index (Phi) is 1.04. The second kappa shape index (κ2) is 1.88. The molecule has 3 atom stereocenters. The molecule has 0 N–H and O–H groups in total. The fourth-order valence-corrected chi connectivity index (χ4v) is 2.16. The molecule has 0 spiro atoms. The molecule has 12 heavy (non-hydrogen) atoms. The van der Waals surface area contributed by atoms with Crippen molar-refractivity contribution in [3.63, 3.8) is 0 Å². The Morgan fingerprint density at radius 3 is 3.00 bits per heavy atom. The lowest BCUT2D eigenvalue weighted by atomic mass is 10.0. The molecule has 3 rings (SSSR count). The maximum atomic E-state index is 13.3. The van der Waals surface area contributed by atoms with Gasteiger partial charge in [0.2, 0.25) is 0 Å². The maximum Gasteiger partial charge on any atom is 0.129 e. The molecule has 1 saturated heterocycles. The molecule has 2 heteroatoms. The maximum absolute atomic E-state index is 13.3. The molecule has 0 amide bonds. The van der Waals surface area contributed by atoms with Crippen LogP contribution in [-0.4, -0.2) is 6.10 Å². The van der Waals surface area contributed by atoms with E-state index in [1.165, 1.54) is 6.07 Å². The number of rotatable bonds is 0. The molecule has 3 unspecified atom stereocenters. The monoisotopic (exact) mass is 164 g/mol. The van der Waals surface area contributed by atoms with E-state index in [4.69, 9.17) is 4.74 Å². The summed E-state index contributed by atoms with van der Waals surface area (Å²) in [4.78, 5) is 0. The van der Waals surface area contributed by atoms with E-state index in [0.29, 0.717) is 5.92 Å². The lowest BCUT2D eigenvalue weighted by Gasteiger charge is -2.07. The second-order valence-corrected chi connectivity index (χ2v) is 3.55. The minimum Gasteiger partial charge on any atom is -0.364 e. The Balaban J connectivity index is 2.25. The first kappa shape index (κ1) is 6.61. The predicted octanol–water partition coefficient (Wildman–Crippen LogP) is 2.38. The number of benzene rings is 1. The molecule has 0 saturated carbocycles. The minimum absolute atomic E-state index is 0.0659. The third-order valence-electron chi connectivity index (χ3n) is 2.88. The van der Waals surface area contributed by atoms with E-state index >= 15 is 0 Å². The van der Waals surface area contributed by atoms with Crippen molar-refractivity contribution in [3.8, 4) is 0 Å². The number of hydrogen-bond donors (Lipinski definition) is 0. The van der Waals surface area contributed by atoms with Crippen molar-refractivity contribution in [1.29, 1.82) is 0 Å². The summed E-state index contributed by atoms with van der Waals surface area (Å²) in [7, 11) is 0. The van der Waals surface area contributed by atoms with Gasteiger partial charge in [-0.15, -0.1) is 0 Å². The molecule has 1 aromatic rings. The first-order chi connectivity index (χ1) is 5.79. The zero-order valence-corrected chi connectivity index (χ0v) is 6.75. The summed E-state index contributed by atoms with van der Waals surface area (Å²) >= 11 is 0. The molecule has 0 bridgehead atoms. The van der Waals surface area contributed by atoms with Crippen molar-refractivity contribution >= 4 is 0 Å². The summed E-state index contributed by atoms with van der Waals surface area (Å²) in [6.07, 6.45) is 0.327. The number of fused-ring (bicyclic) bond motifs is 3. The van der Waals surface area contributed by atoms with Crippen molar-refractivity contribution in [2.45, 2.75) is 25.0 Å². The van der Waals surface area contributed by atoms with Crippen LogP contribution in [0.3, 0.4) is 0 Å². The van der Waals surface area contributed by atoms with Gasteiger partial charge in [-0.05, 0) is 11.6 Å². The highest BCUT2D eigenvalue weighted by Crippen LogP contribution is 2.56. The zero-order valence-electron chi connectivity index (χ0n) is 6.75. The average Bonchev–Trinajstić information content (AvgIpc) is 2.77. The number of hydrogen-bond acceptors (Lipinski definition) is 1. The Morgan fingerprint density at radius 2 is 2.25 bits per heavy atom. The third kappa shape index (κ3) is 0.619.